The molecule has 0 unspecified atom stereocenters. The Morgan fingerprint density at radius 3 is 1.20 bits per heavy atom. The first kappa shape index (κ1) is 35.3. The largest absolute Gasteiger partial charge is 0.309 e. The van der Waals surface area contributed by atoms with Crippen LogP contribution in [0.4, 0.5) is 0 Å². The van der Waals surface area contributed by atoms with Crippen LogP contribution in [0.15, 0.2) is 140 Å². The Morgan fingerprint density at radius 2 is 0.804 bits per heavy atom. The van der Waals surface area contributed by atoms with Crippen LogP contribution in [0.1, 0.15) is 69.4 Å². The highest BCUT2D eigenvalue weighted by Gasteiger charge is 2.23. The summed E-state index contributed by atoms with van der Waals surface area (Å²) in [6.45, 7) is 18.0. The molecule has 274 valence electrons. The number of aromatic nitrogens is 2. The molecule has 0 saturated carbocycles. The topological polar surface area (TPSA) is 33.6 Å². The summed E-state index contributed by atoms with van der Waals surface area (Å²) >= 11 is 0. The zero-order chi connectivity index (χ0) is 39.1. The van der Waals surface area contributed by atoms with Gasteiger partial charge in [-0.25, -0.2) is 0 Å². The SMILES string of the molecule is Cc1ccc2c(c1)c1cc(C)ccc1n2-c1ccccc1-c1cc(C#N)cc(-c2ccccc2-n2c3ccc(C(C)(C)C)cc3c3cc(C(C)(C)C)ccc32)c1. The van der Waals surface area contributed by atoms with E-state index in [0.29, 0.717) is 5.56 Å². The van der Waals surface area contributed by atoms with Crippen molar-refractivity contribution in [2.24, 2.45) is 0 Å². The highest BCUT2D eigenvalue weighted by atomic mass is 15.0. The van der Waals surface area contributed by atoms with E-state index in [1.54, 1.807) is 0 Å². The molecule has 0 saturated heterocycles. The Labute approximate surface area is 330 Å². The van der Waals surface area contributed by atoms with Crippen molar-refractivity contribution in [1.29, 1.82) is 5.26 Å². The second kappa shape index (κ2) is 12.9. The van der Waals surface area contributed by atoms with Gasteiger partial charge in [0.05, 0.1) is 45.1 Å². The number of benzene rings is 7. The van der Waals surface area contributed by atoms with Crippen LogP contribution >= 0.6 is 0 Å². The van der Waals surface area contributed by atoms with E-state index in [0.717, 1.165) is 33.6 Å². The molecule has 3 heteroatoms. The monoisotopic (exact) mass is 725 g/mol. The Balaban J connectivity index is 1.28. The third kappa shape index (κ3) is 5.80. The van der Waals surface area contributed by atoms with Gasteiger partial charge in [-0.15, -0.1) is 0 Å². The molecule has 7 aromatic carbocycles. The van der Waals surface area contributed by atoms with Crippen LogP contribution in [-0.4, -0.2) is 9.13 Å². The minimum absolute atomic E-state index is 0.0176. The number of rotatable bonds is 4. The van der Waals surface area contributed by atoms with Crippen LogP contribution in [0, 0.1) is 25.2 Å². The minimum Gasteiger partial charge on any atom is -0.309 e. The number of hydrogen-bond donors (Lipinski definition) is 0. The molecule has 0 spiro atoms. The lowest BCUT2D eigenvalue weighted by Crippen LogP contribution is -2.10. The summed E-state index contributed by atoms with van der Waals surface area (Å²) in [5, 5.41) is 15.5. The highest BCUT2D eigenvalue weighted by Crippen LogP contribution is 2.42. The maximum absolute atomic E-state index is 10.5. The molecule has 2 heterocycles. The molecule has 0 aliphatic rings. The Kier molecular flexibility index (Phi) is 8.11. The number of fused-ring (bicyclic) bond motifs is 6. The van der Waals surface area contributed by atoms with Gasteiger partial charge in [0, 0.05) is 32.7 Å². The maximum Gasteiger partial charge on any atom is 0.0992 e. The Bertz CT molecular complexity index is 2940. The van der Waals surface area contributed by atoms with Gasteiger partial charge in [0.15, 0.2) is 0 Å². The summed E-state index contributed by atoms with van der Waals surface area (Å²) < 4.78 is 4.81. The molecule has 0 aliphatic heterocycles. The van der Waals surface area contributed by atoms with Gasteiger partial charge in [-0.3, -0.25) is 0 Å². The summed E-state index contributed by atoms with van der Waals surface area (Å²) in [4.78, 5) is 0. The normalized spacial score (nSPS) is 12.3. The van der Waals surface area contributed by atoms with Crippen molar-refractivity contribution in [3.05, 3.63) is 167 Å². The van der Waals surface area contributed by atoms with E-state index in [1.165, 1.54) is 65.9 Å². The minimum atomic E-state index is 0.0176. The third-order valence-corrected chi connectivity index (χ3v) is 11.5. The van der Waals surface area contributed by atoms with Crippen molar-refractivity contribution in [3.8, 4) is 39.7 Å². The smallest absolute Gasteiger partial charge is 0.0992 e. The standard InChI is InChI=1S/C53H47N3/c1-33-17-21-48-42(25-33)43-26-34(2)18-22-49(43)55(48)46-15-11-9-13-40(46)36-27-35(32-54)28-37(29-36)41-14-10-12-16-47(41)56-50-23-19-38(52(3,4)5)30-44(50)45-31-39(53(6,7)8)20-24-51(45)56/h9-31H,1-8H3. The van der Waals surface area contributed by atoms with Gasteiger partial charge in [-0.1, -0.05) is 113 Å². The molecule has 0 amide bonds. The fourth-order valence-electron chi connectivity index (χ4n) is 8.55. The summed E-state index contributed by atoms with van der Waals surface area (Å²) in [5.41, 5.74) is 16.8. The van der Waals surface area contributed by atoms with E-state index in [1.807, 2.05) is 12.1 Å². The number of aryl methyl sites for hydroxylation is 2. The van der Waals surface area contributed by atoms with Crippen LogP contribution in [0.25, 0.3) is 77.2 Å². The van der Waals surface area contributed by atoms with Crippen molar-refractivity contribution in [1.82, 2.24) is 9.13 Å². The molecule has 3 nitrogen and oxygen atoms in total. The molecule has 2 aromatic heterocycles. The van der Waals surface area contributed by atoms with E-state index in [2.05, 4.69) is 198 Å². The lowest BCUT2D eigenvalue weighted by atomic mass is 9.85. The van der Waals surface area contributed by atoms with Gasteiger partial charge in [0.25, 0.3) is 0 Å². The van der Waals surface area contributed by atoms with Gasteiger partial charge in [0.2, 0.25) is 0 Å². The summed E-state index contributed by atoms with van der Waals surface area (Å²) in [5.74, 6) is 0. The third-order valence-electron chi connectivity index (χ3n) is 11.5. The molecule has 0 bridgehead atoms. The molecular formula is C53H47N3. The maximum atomic E-state index is 10.5. The van der Waals surface area contributed by atoms with Gasteiger partial charge in [-0.2, -0.15) is 5.26 Å². The summed E-state index contributed by atoms with van der Waals surface area (Å²) in [6, 6.07) is 53.5. The van der Waals surface area contributed by atoms with Crippen molar-refractivity contribution in [2.75, 3.05) is 0 Å². The Hall–Kier alpha value is -6.37. The average molecular weight is 726 g/mol. The molecule has 9 rings (SSSR count). The van der Waals surface area contributed by atoms with Gasteiger partial charge in [0.1, 0.15) is 0 Å². The predicted molar refractivity (Wildman–Crippen MR) is 238 cm³/mol. The zero-order valence-corrected chi connectivity index (χ0v) is 33.6. The van der Waals surface area contributed by atoms with E-state index in [9.17, 15) is 5.26 Å². The van der Waals surface area contributed by atoms with Crippen molar-refractivity contribution in [2.45, 2.75) is 66.2 Å². The molecule has 56 heavy (non-hydrogen) atoms. The van der Waals surface area contributed by atoms with E-state index in [4.69, 9.17) is 0 Å². The lowest BCUT2D eigenvalue weighted by Gasteiger charge is -2.19. The van der Waals surface area contributed by atoms with Crippen LogP contribution in [0.3, 0.4) is 0 Å². The van der Waals surface area contributed by atoms with E-state index in [-0.39, 0.29) is 10.8 Å². The highest BCUT2D eigenvalue weighted by molar-refractivity contribution is 6.11. The number of nitrogens with zero attached hydrogens (tertiary/aromatic N) is 3. The molecule has 9 aromatic rings. The lowest BCUT2D eigenvalue weighted by molar-refractivity contribution is 0.590. The van der Waals surface area contributed by atoms with E-state index < -0.39 is 0 Å². The van der Waals surface area contributed by atoms with Crippen LogP contribution in [0.5, 0.6) is 0 Å². The van der Waals surface area contributed by atoms with Crippen LogP contribution in [-0.2, 0) is 10.8 Å². The molecule has 0 N–H and O–H groups in total. The first-order valence-electron chi connectivity index (χ1n) is 19.7. The van der Waals surface area contributed by atoms with Crippen molar-refractivity contribution < 1.29 is 0 Å². The van der Waals surface area contributed by atoms with E-state index >= 15 is 0 Å². The Morgan fingerprint density at radius 1 is 0.429 bits per heavy atom. The number of para-hydroxylation sites is 2. The number of hydrogen-bond acceptors (Lipinski definition) is 1. The molecule has 0 atom stereocenters. The van der Waals surface area contributed by atoms with Crippen molar-refractivity contribution in [3.63, 3.8) is 0 Å². The number of nitriles is 1. The zero-order valence-electron chi connectivity index (χ0n) is 33.6. The quantitative estimate of drug-likeness (QED) is 0.178. The first-order chi connectivity index (χ1) is 26.8. The van der Waals surface area contributed by atoms with Crippen molar-refractivity contribution >= 4 is 43.6 Å². The van der Waals surface area contributed by atoms with Gasteiger partial charge in [-0.05, 0) is 126 Å². The molecule has 0 fully saturated rings. The molecule has 0 radical (unpaired) electrons. The van der Waals surface area contributed by atoms with Crippen LogP contribution in [0.2, 0.25) is 0 Å². The van der Waals surface area contributed by atoms with Gasteiger partial charge < -0.3 is 9.13 Å². The molecular weight excluding hydrogens is 679 g/mol. The fourth-order valence-corrected chi connectivity index (χ4v) is 8.55. The summed E-state index contributed by atoms with van der Waals surface area (Å²) in [6.07, 6.45) is 0. The van der Waals surface area contributed by atoms with Crippen LogP contribution < -0.4 is 0 Å². The second-order valence-corrected chi connectivity index (χ2v) is 17.6. The fraction of sp³-hybridized carbons (Fsp3) is 0.189. The molecule has 0 aliphatic carbocycles. The summed E-state index contributed by atoms with van der Waals surface area (Å²) in [7, 11) is 0. The predicted octanol–water partition coefficient (Wildman–Crippen LogP) is 14.3. The van der Waals surface area contributed by atoms with Gasteiger partial charge >= 0.3 is 0 Å². The second-order valence-electron chi connectivity index (χ2n) is 17.6. The first-order valence-corrected chi connectivity index (χ1v) is 19.7. The average Bonchev–Trinajstić information content (AvgIpc) is 3.68.